The molecule has 0 nitrogen and oxygen atoms in total. The maximum absolute atomic E-state index is 2.45. The average Bonchev–Trinajstić information content (AvgIpc) is 2.01. The molecular formula is C13H26. The Labute approximate surface area is 84.1 Å². The van der Waals surface area contributed by atoms with E-state index in [9.17, 15) is 0 Å². The lowest BCUT2D eigenvalue weighted by atomic mass is 9.67. The largest absolute Gasteiger partial charge is 0.0625 e. The topological polar surface area (TPSA) is 0 Å². The molecule has 13 heavy (non-hydrogen) atoms. The van der Waals surface area contributed by atoms with Crippen LogP contribution in [0.1, 0.15) is 60.3 Å². The number of hydrogen-bond acceptors (Lipinski definition) is 0. The predicted octanol–water partition coefficient (Wildman–Crippen LogP) is 4.49. The van der Waals surface area contributed by atoms with E-state index in [0.29, 0.717) is 5.41 Å². The summed E-state index contributed by atoms with van der Waals surface area (Å²) >= 11 is 0. The minimum Gasteiger partial charge on any atom is -0.0625 e. The van der Waals surface area contributed by atoms with Gasteiger partial charge in [0.15, 0.2) is 0 Å². The first-order valence-corrected chi connectivity index (χ1v) is 5.91. The van der Waals surface area contributed by atoms with E-state index in [4.69, 9.17) is 0 Å². The van der Waals surface area contributed by atoms with Gasteiger partial charge in [-0.25, -0.2) is 0 Å². The molecule has 1 saturated carbocycles. The molecule has 78 valence electrons. The Kier molecular flexibility index (Phi) is 3.43. The summed E-state index contributed by atoms with van der Waals surface area (Å²) in [5.74, 6) is 2.85. The zero-order valence-electron chi connectivity index (χ0n) is 10.1. The van der Waals surface area contributed by atoms with Crippen LogP contribution in [0.25, 0.3) is 0 Å². The highest BCUT2D eigenvalue weighted by atomic mass is 14.4. The van der Waals surface area contributed by atoms with E-state index in [1.165, 1.54) is 25.7 Å². The fraction of sp³-hybridized carbons (Fsp3) is 1.00. The summed E-state index contributed by atoms with van der Waals surface area (Å²) in [6, 6.07) is 0. The molecule has 0 heterocycles. The number of rotatable bonds is 1. The maximum atomic E-state index is 2.45. The second-order valence-corrected chi connectivity index (χ2v) is 6.19. The van der Waals surface area contributed by atoms with E-state index in [0.717, 1.165) is 17.8 Å². The molecule has 0 bridgehead atoms. The SMILES string of the molecule is CC1CCCC(C(C)C(C)(C)C)C1. The highest BCUT2D eigenvalue weighted by Crippen LogP contribution is 2.40. The second-order valence-electron chi connectivity index (χ2n) is 6.19. The van der Waals surface area contributed by atoms with E-state index < -0.39 is 0 Å². The van der Waals surface area contributed by atoms with Crippen LogP contribution in [0.4, 0.5) is 0 Å². The van der Waals surface area contributed by atoms with E-state index in [1.807, 2.05) is 0 Å². The molecular weight excluding hydrogens is 156 g/mol. The predicted molar refractivity (Wildman–Crippen MR) is 59.7 cm³/mol. The first-order chi connectivity index (χ1) is 5.91. The van der Waals surface area contributed by atoms with Crippen LogP contribution in [-0.2, 0) is 0 Å². The summed E-state index contributed by atoms with van der Waals surface area (Å²) in [4.78, 5) is 0. The lowest BCUT2D eigenvalue weighted by Gasteiger charge is -2.38. The average molecular weight is 182 g/mol. The van der Waals surface area contributed by atoms with Crippen LogP contribution < -0.4 is 0 Å². The van der Waals surface area contributed by atoms with Gasteiger partial charge in [0.05, 0.1) is 0 Å². The van der Waals surface area contributed by atoms with Crippen LogP contribution in [0, 0.1) is 23.2 Å². The van der Waals surface area contributed by atoms with Crippen molar-refractivity contribution in [1.29, 1.82) is 0 Å². The van der Waals surface area contributed by atoms with Gasteiger partial charge in [-0.1, -0.05) is 53.9 Å². The Balaban J connectivity index is 2.51. The van der Waals surface area contributed by atoms with Crippen molar-refractivity contribution in [1.82, 2.24) is 0 Å². The minimum absolute atomic E-state index is 0.502. The van der Waals surface area contributed by atoms with E-state index in [2.05, 4.69) is 34.6 Å². The molecule has 1 rings (SSSR count). The van der Waals surface area contributed by atoms with Gasteiger partial charge in [0.25, 0.3) is 0 Å². The first-order valence-electron chi connectivity index (χ1n) is 5.91. The van der Waals surface area contributed by atoms with Crippen LogP contribution in [0.15, 0.2) is 0 Å². The van der Waals surface area contributed by atoms with E-state index in [1.54, 1.807) is 0 Å². The van der Waals surface area contributed by atoms with Crippen LogP contribution in [0.5, 0.6) is 0 Å². The molecule has 3 unspecified atom stereocenters. The molecule has 0 aromatic rings. The lowest BCUT2D eigenvalue weighted by molar-refractivity contribution is 0.121. The summed E-state index contributed by atoms with van der Waals surface area (Å²) in [6.07, 6.45) is 5.88. The Morgan fingerprint density at radius 3 is 2.23 bits per heavy atom. The Morgan fingerprint density at radius 2 is 1.77 bits per heavy atom. The second kappa shape index (κ2) is 4.02. The molecule has 1 fully saturated rings. The molecule has 0 spiro atoms. The quantitative estimate of drug-likeness (QED) is 0.560. The van der Waals surface area contributed by atoms with Gasteiger partial charge in [-0.2, -0.15) is 0 Å². The van der Waals surface area contributed by atoms with Crippen molar-refractivity contribution in [2.75, 3.05) is 0 Å². The Bertz CT molecular complexity index is 152. The zero-order chi connectivity index (χ0) is 10.1. The minimum atomic E-state index is 0.502. The van der Waals surface area contributed by atoms with Crippen LogP contribution >= 0.6 is 0 Å². The van der Waals surface area contributed by atoms with Crippen molar-refractivity contribution in [2.45, 2.75) is 60.3 Å². The van der Waals surface area contributed by atoms with Gasteiger partial charge >= 0.3 is 0 Å². The van der Waals surface area contributed by atoms with Crippen molar-refractivity contribution < 1.29 is 0 Å². The molecule has 3 atom stereocenters. The third-order valence-electron chi connectivity index (χ3n) is 4.05. The molecule has 0 N–H and O–H groups in total. The van der Waals surface area contributed by atoms with Gasteiger partial charge in [-0.3, -0.25) is 0 Å². The molecule has 0 saturated heterocycles. The molecule has 0 aromatic carbocycles. The summed E-state index contributed by atoms with van der Waals surface area (Å²) in [6.45, 7) is 12.0. The van der Waals surface area contributed by atoms with Gasteiger partial charge < -0.3 is 0 Å². The van der Waals surface area contributed by atoms with Gasteiger partial charge in [-0.15, -0.1) is 0 Å². The highest BCUT2D eigenvalue weighted by molar-refractivity contribution is 4.81. The van der Waals surface area contributed by atoms with E-state index >= 15 is 0 Å². The maximum Gasteiger partial charge on any atom is -0.0354 e. The van der Waals surface area contributed by atoms with E-state index in [-0.39, 0.29) is 0 Å². The van der Waals surface area contributed by atoms with Gasteiger partial charge in [0.2, 0.25) is 0 Å². The normalized spacial score (nSPS) is 33.0. The van der Waals surface area contributed by atoms with Gasteiger partial charge in [-0.05, 0) is 29.6 Å². The van der Waals surface area contributed by atoms with Crippen molar-refractivity contribution in [3.63, 3.8) is 0 Å². The molecule has 0 radical (unpaired) electrons. The highest BCUT2D eigenvalue weighted by Gasteiger charge is 2.30. The van der Waals surface area contributed by atoms with Crippen molar-refractivity contribution >= 4 is 0 Å². The van der Waals surface area contributed by atoms with Crippen molar-refractivity contribution in [2.24, 2.45) is 23.2 Å². The monoisotopic (exact) mass is 182 g/mol. The fourth-order valence-electron chi connectivity index (χ4n) is 2.64. The third kappa shape index (κ3) is 3.00. The Hall–Kier alpha value is 0. The van der Waals surface area contributed by atoms with Crippen LogP contribution in [0.2, 0.25) is 0 Å². The van der Waals surface area contributed by atoms with Crippen molar-refractivity contribution in [3.05, 3.63) is 0 Å². The molecule has 0 heteroatoms. The van der Waals surface area contributed by atoms with Crippen molar-refractivity contribution in [3.8, 4) is 0 Å². The van der Waals surface area contributed by atoms with Gasteiger partial charge in [0, 0.05) is 0 Å². The molecule has 0 aliphatic heterocycles. The van der Waals surface area contributed by atoms with Crippen LogP contribution in [0.3, 0.4) is 0 Å². The molecule has 1 aliphatic carbocycles. The number of hydrogen-bond donors (Lipinski definition) is 0. The fourth-order valence-corrected chi connectivity index (χ4v) is 2.64. The summed E-state index contributed by atoms with van der Waals surface area (Å²) < 4.78 is 0. The zero-order valence-corrected chi connectivity index (χ0v) is 10.1. The summed E-state index contributed by atoms with van der Waals surface area (Å²) in [7, 11) is 0. The smallest absolute Gasteiger partial charge is 0.0354 e. The Morgan fingerprint density at radius 1 is 1.15 bits per heavy atom. The van der Waals surface area contributed by atoms with Crippen LogP contribution in [-0.4, -0.2) is 0 Å². The lowest BCUT2D eigenvalue weighted by Crippen LogP contribution is -2.29. The molecule has 0 aromatic heterocycles. The summed E-state index contributed by atoms with van der Waals surface area (Å²) in [5, 5.41) is 0. The summed E-state index contributed by atoms with van der Waals surface area (Å²) in [5.41, 5.74) is 0.502. The third-order valence-corrected chi connectivity index (χ3v) is 4.05. The van der Waals surface area contributed by atoms with Gasteiger partial charge in [0.1, 0.15) is 0 Å². The standard InChI is InChI=1S/C13H26/c1-10-7-6-8-12(9-10)11(2)13(3,4)5/h10-12H,6-9H2,1-5H3. The molecule has 1 aliphatic rings. The molecule has 0 amide bonds. The first kappa shape index (κ1) is 11.1.